The molecule has 2 aromatic carbocycles. The normalized spacial score (nSPS) is 17.3. The summed E-state index contributed by atoms with van der Waals surface area (Å²) in [5.74, 6) is 1.20. The van der Waals surface area contributed by atoms with Crippen LogP contribution in [0, 0.1) is 11.3 Å². The summed E-state index contributed by atoms with van der Waals surface area (Å²) in [5.41, 5.74) is 7.04. The van der Waals surface area contributed by atoms with Crippen LogP contribution in [0.4, 0.5) is 5.82 Å². The maximum atomic E-state index is 14.0. The lowest BCUT2D eigenvalue weighted by molar-refractivity contribution is -0.128. The SMILES string of the molecule is CC(C)(/C=C(/C#N)C(=O)N1CCC(n2c(=O)n(-c3ccc(Oc4ccccc4)cc3)c3c(N)ncnc32)CC1)N1CCC(O)CC1. The minimum Gasteiger partial charge on any atom is -0.457 e. The lowest BCUT2D eigenvalue weighted by atomic mass is 9.94. The Hall–Kier alpha value is -4.99. The second kappa shape index (κ2) is 12.8. The zero-order valence-corrected chi connectivity index (χ0v) is 26.0. The highest BCUT2D eigenvalue weighted by Gasteiger charge is 2.33. The van der Waals surface area contributed by atoms with E-state index in [1.807, 2.05) is 44.2 Å². The summed E-state index contributed by atoms with van der Waals surface area (Å²) in [6.45, 7) is 6.13. The van der Waals surface area contributed by atoms with Crippen LogP contribution in [-0.2, 0) is 4.79 Å². The molecule has 2 aliphatic rings. The minimum atomic E-state index is -0.514. The molecule has 2 fully saturated rings. The summed E-state index contributed by atoms with van der Waals surface area (Å²) in [6, 6.07) is 18.5. The van der Waals surface area contributed by atoms with Crippen molar-refractivity contribution >= 4 is 22.9 Å². The summed E-state index contributed by atoms with van der Waals surface area (Å²) in [4.78, 5) is 40.0. The van der Waals surface area contributed by atoms with E-state index in [1.165, 1.54) is 10.9 Å². The van der Waals surface area contributed by atoms with Gasteiger partial charge in [-0.25, -0.2) is 14.8 Å². The largest absolute Gasteiger partial charge is 0.457 e. The molecule has 0 bridgehead atoms. The van der Waals surface area contributed by atoms with Crippen LogP contribution in [0.1, 0.15) is 45.6 Å². The highest BCUT2D eigenvalue weighted by molar-refractivity contribution is 5.97. The molecule has 1 amide bonds. The van der Waals surface area contributed by atoms with E-state index in [9.17, 15) is 20.0 Å². The number of nitrogens with two attached hydrogens (primary N) is 1. The molecule has 0 spiro atoms. The summed E-state index contributed by atoms with van der Waals surface area (Å²) in [5, 5.41) is 19.8. The molecule has 238 valence electrons. The fraction of sp³-hybridized carbons (Fsp3) is 0.382. The first kappa shape index (κ1) is 31.0. The number of carbonyl (C=O) groups excluding carboxylic acids is 1. The highest BCUT2D eigenvalue weighted by atomic mass is 16.5. The summed E-state index contributed by atoms with van der Waals surface area (Å²) >= 11 is 0. The van der Waals surface area contributed by atoms with Gasteiger partial charge in [-0.1, -0.05) is 18.2 Å². The van der Waals surface area contributed by atoms with Crippen LogP contribution >= 0.6 is 0 Å². The van der Waals surface area contributed by atoms with Crippen molar-refractivity contribution in [3.8, 4) is 23.3 Å². The first-order chi connectivity index (χ1) is 22.2. The number of nitrogens with zero attached hydrogens (tertiary/aromatic N) is 7. The van der Waals surface area contributed by atoms with E-state index in [0.29, 0.717) is 80.2 Å². The molecular weight excluding hydrogens is 584 g/mol. The monoisotopic (exact) mass is 622 g/mol. The number of nitriles is 1. The topological polar surface area (TPSA) is 156 Å². The van der Waals surface area contributed by atoms with Crippen LogP contribution in [0.5, 0.6) is 11.5 Å². The Morgan fingerprint density at radius 2 is 1.65 bits per heavy atom. The Balaban J connectivity index is 1.22. The number of aromatic nitrogens is 4. The number of carbonyl (C=O) groups is 1. The second-order valence-corrected chi connectivity index (χ2v) is 12.4. The lowest BCUT2D eigenvalue weighted by Crippen LogP contribution is -2.48. The average Bonchev–Trinajstić information content (AvgIpc) is 3.37. The van der Waals surface area contributed by atoms with Crippen molar-refractivity contribution in [3.05, 3.63) is 83.1 Å². The van der Waals surface area contributed by atoms with Gasteiger partial charge in [-0.15, -0.1) is 0 Å². The molecule has 46 heavy (non-hydrogen) atoms. The van der Waals surface area contributed by atoms with Gasteiger partial charge in [-0.3, -0.25) is 18.8 Å². The standard InChI is InChI=1S/C34H38N8O4/c1-34(2,40-18-14-26(43)15-19-40)20-23(21-35)32(44)39-16-12-25(13-17-39)42-31-29(30(36)37-22-38-31)41(33(42)45)24-8-10-28(11-9-24)46-27-6-4-3-5-7-27/h3-11,20,22,25-26,43H,12-19H2,1-2H3,(H2,36,37,38)/b23-20-. The van der Waals surface area contributed by atoms with Gasteiger partial charge >= 0.3 is 5.69 Å². The van der Waals surface area contributed by atoms with Crippen molar-refractivity contribution in [3.63, 3.8) is 0 Å². The molecule has 2 saturated heterocycles. The van der Waals surface area contributed by atoms with Crippen LogP contribution in [0.3, 0.4) is 0 Å². The number of fused-ring (bicyclic) bond motifs is 1. The quantitative estimate of drug-likeness (QED) is 0.231. The Labute approximate surface area is 267 Å². The molecule has 0 saturated carbocycles. The van der Waals surface area contributed by atoms with Crippen molar-refractivity contribution in [2.24, 2.45) is 0 Å². The number of rotatable bonds is 7. The van der Waals surface area contributed by atoms with Crippen molar-refractivity contribution in [1.82, 2.24) is 28.9 Å². The summed E-state index contributed by atoms with van der Waals surface area (Å²) in [6.07, 6.45) is 5.13. The number of aliphatic hydroxyl groups is 1. The molecule has 0 aliphatic carbocycles. The number of hydrogen-bond donors (Lipinski definition) is 2. The highest BCUT2D eigenvalue weighted by Crippen LogP contribution is 2.30. The van der Waals surface area contributed by atoms with E-state index < -0.39 is 5.54 Å². The van der Waals surface area contributed by atoms with Gasteiger partial charge in [0.25, 0.3) is 5.91 Å². The fourth-order valence-electron chi connectivity index (χ4n) is 6.45. The van der Waals surface area contributed by atoms with Crippen molar-refractivity contribution < 1.29 is 14.6 Å². The van der Waals surface area contributed by atoms with E-state index >= 15 is 0 Å². The van der Waals surface area contributed by atoms with Crippen molar-refractivity contribution in [1.29, 1.82) is 5.26 Å². The number of imidazole rings is 1. The van der Waals surface area contributed by atoms with Crippen LogP contribution in [0.15, 0.2) is 77.4 Å². The maximum absolute atomic E-state index is 14.0. The zero-order chi connectivity index (χ0) is 32.4. The number of para-hydroxylation sites is 1. The van der Waals surface area contributed by atoms with Crippen LogP contribution < -0.4 is 16.2 Å². The predicted molar refractivity (Wildman–Crippen MR) is 173 cm³/mol. The average molecular weight is 623 g/mol. The molecular formula is C34H38N8O4. The van der Waals surface area contributed by atoms with Gasteiger partial charge in [0, 0.05) is 37.8 Å². The van der Waals surface area contributed by atoms with E-state index in [2.05, 4.69) is 20.9 Å². The van der Waals surface area contributed by atoms with Gasteiger partial charge in [0.05, 0.1) is 11.8 Å². The number of hydrogen-bond acceptors (Lipinski definition) is 9. The molecule has 4 heterocycles. The van der Waals surface area contributed by atoms with Crippen molar-refractivity contribution in [2.75, 3.05) is 31.9 Å². The van der Waals surface area contributed by atoms with Gasteiger partial charge in [-0.05, 0) is 82.0 Å². The second-order valence-electron chi connectivity index (χ2n) is 12.4. The molecule has 12 nitrogen and oxygen atoms in total. The third-order valence-corrected chi connectivity index (χ3v) is 9.00. The molecule has 4 aromatic rings. The molecule has 2 aromatic heterocycles. The van der Waals surface area contributed by atoms with Crippen LogP contribution in [-0.4, -0.2) is 77.7 Å². The molecule has 12 heteroatoms. The van der Waals surface area contributed by atoms with E-state index in [4.69, 9.17) is 10.5 Å². The van der Waals surface area contributed by atoms with Gasteiger partial charge in [0.15, 0.2) is 11.5 Å². The Morgan fingerprint density at radius 1 is 1.00 bits per heavy atom. The first-order valence-corrected chi connectivity index (χ1v) is 15.6. The number of anilines is 1. The number of nitrogen functional groups attached to an aromatic ring is 1. The Kier molecular flexibility index (Phi) is 8.62. The Bertz CT molecular complexity index is 1840. The van der Waals surface area contributed by atoms with E-state index in [1.54, 1.807) is 39.8 Å². The number of likely N-dealkylation sites (tertiary alicyclic amines) is 2. The Morgan fingerprint density at radius 3 is 2.30 bits per heavy atom. The van der Waals surface area contributed by atoms with Crippen LogP contribution in [0.25, 0.3) is 16.9 Å². The fourth-order valence-corrected chi connectivity index (χ4v) is 6.45. The molecule has 0 atom stereocenters. The smallest absolute Gasteiger partial charge is 0.335 e. The molecule has 6 rings (SSSR count). The van der Waals surface area contributed by atoms with Crippen molar-refractivity contribution in [2.45, 2.75) is 57.2 Å². The molecule has 3 N–H and O–H groups in total. The van der Waals surface area contributed by atoms with Gasteiger partial charge in [0.2, 0.25) is 0 Å². The van der Waals surface area contributed by atoms with Gasteiger partial charge in [-0.2, -0.15) is 5.26 Å². The van der Waals surface area contributed by atoms with E-state index in [0.717, 1.165) is 0 Å². The van der Waals surface area contributed by atoms with E-state index in [-0.39, 0.29) is 35.1 Å². The number of amides is 1. The third-order valence-electron chi connectivity index (χ3n) is 9.00. The number of aliphatic hydroxyl groups excluding tert-OH is 1. The minimum absolute atomic E-state index is 0.101. The molecule has 0 radical (unpaired) electrons. The number of piperidine rings is 2. The first-order valence-electron chi connectivity index (χ1n) is 15.6. The summed E-state index contributed by atoms with van der Waals surface area (Å²) < 4.78 is 9.09. The third kappa shape index (κ3) is 6.11. The number of ether oxygens (including phenoxy) is 1. The zero-order valence-electron chi connectivity index (χ0n) is 26.0. The summed E-state index contributed by atoms with van der Waals surface area (Å²) in [7, 11) is 0. The maximum Gasteiger partial charge on any atom is 0.335 e. The van der Waals surface area contributed by atoms with Gasteiger partial charge in [0.1, 0.15) is 35.0 Å². The molecule has 0 unspecified atom stereocenters. The van der Waals surface area contributed by atoms with Gasteiger partial charge < -0.3 is 20.5 Å². The predicted octanol–water partition coefficient (Wildman–Crippen LogP) is 3.81. The lowest BCUT2D eigenvalue weighted by Gasteiger charge is -2.40. The van der Waals surface area contributed by atoms with Crippen LogP contribution in [0.2, 0.25) is 0 Å². The number of benzene rings is 2. The molecule has 2 aliphatic heterocycles.